The first kappa shape index (κ1) is 27.7. The van der Waals surface area contributed by atoms with Gasteiger partial charge in [0.2, 0.25) is 0 Å². The first-order valence-corrected chi connectivity index (χ1v) is 15.5. The second-order valence-corrected chi connectivity index (χ2v) is 12.1. The van der Waals surface area contributed by atoms with Gasteiger partial charge in [0.1, 0.15) is 30.3 Å². The van der Waals surface area contributed by atoms with Crippen LogP contribution in [0.4, 0.5) is 9.18 Å². The van der Waals surface area contributed by atoms with Crippen molar-refractivity contribution in [2.45, 2.75) is 24.5 Å². The van der Waals surface area contributed by atoms with Crippen LogP contribution in [0.2, 0.25) is 0 Å². The lowest BCUT2D eigenvalue weighted by atomic mass is 9.76. The van der Waals surface area contributed by atoms with Gasteiger partial charge in [-0.05, 0) is 46.4 Å². The molecule has 0 saturated carbocycles. The van der Waals surface area contributed by atoms with Crippen molar-refractivity contribution in [1.82, 2.24) is 5.32 Å². The third-order valence-corrected chi connectivity index (χ3v) is 9.57. The van der Waals surface area contributed by atoms with Crippen LogP contribution < -0.4 is 10.1 Å². The van der Waals surface area contributed by atoms with E-state index in [9.17, 15) is 4.79 Å². The predicted molar refractivity (Wildman–Crippen MR) is 166 cm³/mol. The fourth-order valence-electron chi connectivity index (χ4n) is 6.37. The Morgan fingerprint density at radius 3 is 2.44 bits per heavy atom. The summed E-state index contributed by atoms with van der Waals surface area (Å²) in [6.07, 6.45) is 0.170. The van der Waals surface area contributed by atoms with Crippen LogP contribution in [0.25, 0.3) is 11.1 Å². The Bertz CT molecular complexity index is 1630. The number of hydrogen-bond acceptors (Lipinski definition) is 6. The van der Waals surface area contributed by atoms with Crippen LogP contribution in [0.1, 0.15) is 34.6 Å². The molecule has 2 unspecified atom stereocenters. The standard InChI is InChI=1S/C35H31FN2O4S/c36-32-18-25(41-19-23-8-2-1-3-9-23)14-15-31(32)35-22-40-17-16-24(35)21-43-33(38-35)37-34(39)42-20-30-28-12-6-4-10-26(28)27-11-5-7-13-29(27)30/h1-15,18,24,30H,16-17,19-22H2,(H,37,38,39). The number of carbonyl (C=O) groups is 1. The van der Waals surface area contributed by atoms with Gasteiger partial charge in [-0.2, -0.15) is 0 Å². The molecule has 0 radical (unpaired) electrons. The highest BCUT2D eigenvalue weighted by molar-refractivity contribution is 8.13. The molecule has 2 heterocycles. The summed E-state index contributed by atoms with van der Waals surface area (Å²) in [6.45, 7) is 1.38. The van der Waals surface area contributed by atoms with E-state index in [-0.39, 0.29) is 25.0 Å². The number of ether oxygens (including phenoxy) is 3. The lowest BCUT2D eigenvalue weighted by Gasteiger charge is -2.44. The van der Waals surface area contributed by atoms with E-state index < -0.39 is 17.4 Å². The number of rotatable bonds is 6. The summed E-state index contributed by atoms with van der Waals surface area (Å²) in [4.78, 5) is 18.0. The fourth-order valence-corrected chi connectivity index (χ4v) is 7.55. The number of thioether (sulfide) groups is 1. The van der Waals surface area contributed by atoms with Gasteiger partial charge in [0, 0.05) is 35.8 Å². The molecule has 218 valence electrons. The van der Waals surface area contributed by atoms with E-state index in [4.69, 9.17) is 19.2 Å². The zero-order valence-electron chi connectivity index (χ0n) is 23.5. The van der Waals surface area contributed by atoms with Gasteiger partial charge in [-0.15, -0.1) is 0 Å². The van der Waals surface area contributed by atoms with Crippen molar-refractivity contribution in [1.29, 1.82) is 0 Å². The van der Waals surface area contributed by atoms with E-state index in [2.05, 4.69) is 29.6 Å². The number of halogens is 1. The normalized spacial score (nSPS) is 20.8. The quantitative estimate of drug-likeness (QED) is 0.254. The summed E-state index contributed by atoms with van der Waals surface area (Å²) in [7, 11) is 0. The Morgan fingerprint density at radius 1 is 0.977 bits per heavy atom. The van der Waals surface area contributed by atoms with Crippen molar-refractivity contribution in [3.8, 4) is 16.9 Å². The third kappa shape index (κ3) is 5.41. The first-order chi connectivity index (χ1) is 21.1. The van der Waals surface area contributed by atoms with E-state index >= 15 is 4.39 Å². The van der Waals surface area contributed by atoms with Gasteiger partial charge in [0.15, 0.2) is 5.17 Å². The average molecular weight is 595 g/mol. The molecule has 2 aliphatic heterocycles. The summed E-state index contributed by atoms with van der Waals surface area (Å²) < 4.78 is 33.2. The second-order valence-electron chi connectivity index (χ2n) is 11.1. The highest BCUT2D eigenvalue weighted by atomic mass is 32.2. The molecule has 0 spiro atoms. The smallest absolute Gasteiger partial charge is 0.413 e. The molecule has 8 heteroatoms. The number of amides is 1. The molecule has 1 N–H and O–H groups in total. The molecular weight excluding hydrogens is 563 g/mol. The number of nitrogens with one attached hydrogen (secondary N) is 1. The maximum absolute atomic E-state index is 15.7. The van der Waals surface area contributed by atoms with Crippen LogP contribution >= 0.6 is 11.8 Å². The van der Waals surface area contributed by atoms with E-state index in [0.717, 1.165) is 23.1 Å². The number of benzene rings is 4. The van der Waals surface area contributed by atoms with E-state index in [1.165, 1.54) is 29.0 Å². The minimum atomic E-state index is -0.947. The highest BCUT2D eigenvalue weighted by Gasteiger charge is 2.47. The van der Waals surface area contributed by atoms with Gasteiger partial charge in [0.05, 0.1) is 6.61 Å². The Labute approximate surface area is 254 Å². The van der Waals surface area contributed by atoms with Gasteiger partial charge < -0.3 is 14.2 Å². The maximum atomic E-state index is 15.7. The Balaban J connectivity index is 1.07. The number of alkyl carbamates (subject to hydrolysis) is 1. The number of hydrogen-bond donors (Lipinski definition) is 1. The molecule has 7 rings (SSSR count). The van der Waals surface area contributed by atoms with Crippen LogP contribution in [0.5, 0.6) is 5.75 Å². The topological polar surface area (TPSA) is 69.2 Å². The molecule has 3 aliphatic rings. The summed E-state index contributed by atoms with van der Waals surface area (Å²) >= 11 is 1.46. The number of fused-ring (bicyclic) bond motifs is 4. The van der Waals surface area contributed by atoms with Gasteiger partial charge in [-0.1, -0.05) is 90.6 Å². The van der Waals surface area contributed by atoms with E-state index in [1.807, 2.05) is 54.6 Å². The predicted octanol–water partition coefficient (Wildman–Crippen LogP) is 7.28. The van der Waals surface area contributed by atoms with E-state index in [1.54, 1.807) is 12.1 Å². The zero-order chi connectivity index (χ0) is 29.2. The molecule has 0 aromatic heterocycles. The van der Waals surface area contributed by atoms with Crippen LogP contribution in [0.15, 0.2) is 102 Å². The first-order valence-electron chi connectivity index (χ1n) is 14.5. The largest absolute Gasteiger partial charge is 0.489 e. The van der Waals surface area contributed by atoms with Gasteiger partial charge in [-0.3, -0.25) is 5.32 Å². The molecule has 43 heavy (non-hydrogen) atoms. The molecule has 4 aromatic carbocycles. The SMILES string of the molecule is O=C(NC1=NC2(c3ccc(OCc4ccccc4)cc3F)COCCC2CS1)OCC1c2ccccc2-c2ccccc21. The molecule has 0 bridgehead atoms. The molecular formula is C35H31FN2O4S. The summed E-state index contributed by atoms with van der Waals surface area (Å²) in [5.41, 5.74) is 5.13. The summed E-state index contributed by atoms with van der Waals surface area (Å²) in [5.74, 6) is 0.735. The van der Waals surface area contributed by atoms with Gasteiger partial charge >= 0.3 is 6.09 Å². The molecule has 1 fully saturated rings. The minimum Gasteiger partial charge on any atom is -0.489 e. The molecule has 2 atom stereocenters. The van der Waals surface area contributed by atoms with Crippen molar-refractivity contribution in [3.63, 3.8) is 0 Å². The molecule has 4 aromatic rings. The Hall–Kier alpha value is -4.14. The molecule has 6 nitrogen and oxygen atoms in total. The van der Waals surface area contributed by atoms with E-state index in [0.29, 0.717) is 35.4 Å². The molecule has 1 amide bonds. The minimum absolute atomic E-state index is 0.0433. The third-order valence-electron chi connectivity index (χ3n) is 8.54. The Kier molecular flexibility index (Phi) is 7.63. The van der Waals surface area contributed by atoms with Crippen LogP contribution in [0.3, 0.4) is 0 Å². The van der Waals surface area contributed by atoms with Crippen molar-refractivity contribution in [3.05, 3.63) is 125 Å². The number of aliphatic imine (C=N–C) groups is 1. The highest BCUT2D eigenvalue weighted by Crippen LogP contribution is 2.46. The van der Waals surface area contributed by atoms with Crippen LogP contribution in [-0.2, 0) is 21.6 Å². The fraction of sp³-hybridized carbons (Fsp3) is 0.257. The summed E-state index contributed by atoms with van der Waals surface area (Å²) in [6, 6.07) is 31.1. The number of nitrogens with zero attached hydrogens (tertiary/aromatic N) is 1. The number of carbonyl (C=O) groups excluding carboxylic acids is 1. The van der Waals surface area contributed by atoms with Crippen LogP contribution in [0, 0.1) is 11.7 Å². The molecule has 1 saturated heterocycles. The lowest BCUT2D eigenvalue weighted by molar-refractivity contribution is 0.00284. The van der Waals surface area contributed by atoms with Gasteiger partial charge in [-0.25, -0.2) is 14.2 Å². The van der Waals surface area contributed by atoms with Crippen molar-refractivity contribution in [2.24, 2.45) is 10.9 Å². The van der Waals surface area contributed by atoms with Gasteiger partial charge in [0.25, 0.3) is 0 Å². The Morgan fingerprint density at radius 2 is 1.70 bits per heavy atom. The van der Waals surface area contributed by atoms with Crippen molar-refractivity contribution in [2.75, 3.05) is 25.6 Å². The maximum Gasteiger partial charge on any atom is 0.413 e. The average Bonchev–Trinajstić information content (AvgIpc) is 3.36. The van der Waals surface area contributed by atoms with Crippen molar-refractivity contribution >= 4 is 23.0 Å². The zero-order valence-corrected chi connectivity index (χ0v) is 24.3. The number of amidine groups is 1. The second kappa shape index (κ2) is 11.9. The monoisotopic (exact) mass is 594 g/mol. The lowest BCUT2D eigenvalue weighted by Crippen LogP contribution is -2.49. The molecule has 1 aliphatic carbocycles. The van der Waals surface area contributed by atoms with Crippen LogP contribution in [-0.4, -0.2) is 36.8 Å². The summed E-state index contributed by atoms with van der Waals surface area (Å²) in [5, 5.41) is 3.24. The van der Waals surface area contributed by atoms with Crippen molar-refractivity contribution < 1.29 is 23.4 Å².